The van der Waals surface area contributed by atoms with Crippen LogP contribution < -0.4 is 5.73 Å². The normalized spacial score (nSPS) is 12.9. The van der Waals surface area contributed by atoms with Crippen LogP contribution in [-0.2, 0) is 4.79 Å². The lowest BCUT2D eigenvalue weighted by atomic mass is 9.94. The summed E-state index contributed by atoms with van der Waals surface area (Å²) in [6.45, 7) is 3.88. The van der Waals surface area contributed by atoms with Crippen LogP contribution in [0, 0.1) is 13.8 Å². The highest BCUT2D eigenvalue weighted by atomic mass is 16.4. The third-order valence-corrected chi connectivity index (χ3v) is 3.13. The van der Waals surface area contributed by atoms with Gasteiger partial charge in [0.15, 0.2) is 0 Å². The van der Waals surface area contributed by atoms with Crippen molar-refractivity contribution < 1.29 is 14.3 Å². The van der Waals surface area contributed by atoms with E-state index in [0.717, 1.165) is 27.9 Å². The highest BCUT2D eigenvalue weighted by Crippen LogP contribution is 2.31. The van der Waals surface area contributed by atoms with Gasteiger partial charge in [0.2, 0.25) is 0 Å². The molecule has 3 N–H and O–H groups in total. The number of carbonyl (C=O) groups is 1. The van der Waals surface area contributed by atoms with Gasteiger partial charge in [0.1, 0.15) is 11.3 Å². The molecule has 4 nitrogen and oxygen atoms in total. The molecule has 2 rings (SSSR count). The number of furan rings is 1. The fourth-order valence-corrected chi connectivity index (χ4v) is 2.10. The molecule has 0 amide bonds. The molecule has 0 aliphatic carbocycles. The van der Waals surface area contributed by atoms with Crippen molar-refractivity contribution in [3.05, 3.63) is 35.1 Å². The SMILES string of the molecule is Cc1oc2cccc(C(CN)C(=O)O)c2c1C. The van der Waals surface area contributed by atoms with E-state index >= 15 is 0 Å². The second kappa shape index (κ2) is 4.22. The molecular weight excluding hydrogens is 218 g/mol. The lowest BCUT2D eigenvalue weighted by Crippen LogP contribution is -2.21. The smallest absolute Gasteiger partial charge is 0.312 e. The Kier molecular flexibility index (Phi) is 2.90. The van der Waals surface area contributed by atoms with Crippen molar-refractivity contribution >= 4 is 16.9 Å². The van der Waals surface area contributed by atoms with Gasteiger partial charge in [-0.2, -0.15) is 0 Å². The molecule has 1 aromatic heterocycles. The first-order valence-electron chi connectivity index (χ1n) is 5.47. The molecule has 0 fully saturated rings. The monoisotopic (exact) mass is 233 g/mol. The van der Waals surface area contributed by atoms with Crippen LogP contribution in [0.2, 0.25) is 0 Å². The summed E-state index contributed by atoms with van der Waals surface area (Å²) in [6, 6.07) is 5.44. The van der Waals surface area contributed by atoms with Gasteiger partial charge in [-0.25, -0.2) is 0 Å². The summed E-state index contributed by atoms with van der Waals surface area (Å²) in [5, 5.41) is 10.1. The molecule has 0 aliphatic rings. The summed E-state index contributed by atoms with van der Waals surface area (Å²) in [5.74, 6) is -0.777. The zero-order valence-corrected chi connectivity index (χ0v) is 9.86. The molecule has 1 unspecified atom stereocenters. The van der Waals surface area contributed by atoms with Gasteiger partial charge in [-0.3, -0.25) is 4.79 Å². The first kappa shape index (κ1) is 11.7. The quantitative estimate of drug-likeness (QED) is 0.851. The van der Waals surface area contributed by atoms with E-state index in [2.05, 4.69) is 0 Å². The number of benzene rings is 1. The summed E-state index contributed by atoms with van der Waals surface area (Å²) < 4.78 is 5.58. The Hall–Kier alpha value is -1.81. The van der Waals surface area contributed by atoms with Crippen molar-refractivity contribution in [2.45, 2.75) is 19.8 Å². The second-order valence-corrected chi connectivity index (χ2v) is 4.13. The summed E-state index contributed by atoms with van der Waals surface area (Å²) in [5.41, 5.74) is 7.97. The molecule has 0 saturated carbocycles. The Balaban J connectivity index is 2.72. The van der Waals surface area contributed by atoms with Crippen LogP contribution in [0.1, 0.15) is 22.8 Å². The van der Waals surface area contributed by atoms with E-state index in [4.69, 9.17) is 10.2 Å². The van der Waals surface area contributed by atoms with E-state index in [1.165, 1.54) is 0 Å². The predicted octanol–water partition coefficient (Wildman–Crippen LogP) is 2.18. The molecule has 90 valence electrons. The van der Waals surface area contributed by atoms with Gasteiger partial charge in [0.05, 0.1) is 5.92 Å². The molecule has 0 bridgehead atoms. The standard InChI is InChI=1S/C13H15NO3/c1-7-8(2)17-11-5-3-4-9(12(7)11)10(6-14)13(15)16/h3-5,10H,6,14H2,1-2H3,(H,15,16). The van der Waals surface area contributed by atoms with Gasteiger partial charge in [-0.15, -0.1) is 0 Å². The predicted molar refractivity (Wildman–Crippen MR) is 65.1 cm³/mol. The summed E-state index contributed by atoms with van der Waals surface area (Å²) >= 11 is 0. The number of aryl methyl sites for hydroxylation is 2. The molecule has 0 radical (unpaired) electrons. The molecule has 2 aromatic rings. The lowest BCUT2D eigenvalue weighted by Gasteiger charge is -2.11. The van der Waals surface area contributed by atoms with Gasteiger partial charge >= 0.3 is 5.97 Å². The Bertz CT molecular complexity index is 571. The minimum atomic E-state index is -0.904. The maximum absolute atomic E-state index is 11.2. The van der Waals surface area contributed by atoms with Crippen LogP contribution >= 0.6 is 0 Å². The minimum absolute atomic E-state index is 0.0815. The van der Waals surface area contributed by atoms with Crippen LogP contribution in [-0.4, -0.2) is 17.6 Å². The van der Waals surface area contributed by atoms with Crippen LogP contribution in [0.3, 0.4) is 0 Å². The molecule has 1 aromatic carbocycles. The largest absolute Gasteiger partial charge is 0.481 e. The third-order valence-electron chi connectivity index (χ3n) is 3.13. The van der Waals surface area contributed by atoms with Crippen LogP contribution in [0.4, 0.5) is 0 Å². The van der Waals surface area contributed by atoms with Gasteiger partial charge in [0.25, 0.3) is 0 Å². The van der Waals surface area contributed by atoms with E-state index in [9.17, 15) is 9.90 Å². The summed E-state index contributed by atoms with van der Waals surface area (Å²) in [4.78, 5) is 11.2. The molecule has 1 heterocycles. The molecule has 0 aliphatic heterocycles. The summed E-state index contributed by atoms with van der Waals surface area (Å²) in [6.07, 6.45) is 0. The van der Waals surface area contributed by atoms with E-state index in [0.29, 0.717) is 0 Å². The number of hydrogen-bond acceptors (Lipinski definition) is 3. The second-order valence-electron chi connectivity index (χ2n) is 4.13. The van der Waals surface area contributed by atoms with Crippen molar-refractivity contribution in [2.24, 2.45) is 5.73 Å². The number of rotatable bonds is 3. The third kappa shape index (κ3) is 1.80. The number of nitrogens with two attached hydrogens (primary N) is 1. The zero-order chi connectivity index (χ0) is 12.6. The fourth-order valence-electron chi connectivity index (χ4n) is 2.10. The fraction of sp³-hybridized carbons (Fsp3) is 0.308. The van der Waals surface area contributed by atoms with Gasteiger partial charge in [-0.1, -0.05) is 12.1 Å². The van der Waals surface area contributed by atoms with E-state index in [1.54, 1.807) is 12.1 Å². The average molecular weight is 233 g/mol. The Labute approximate surface area is 99.0 Å². The topological polar surface area (TPSA) is 76.5 Å². The first-order valence-corrected chi connectivity index (χ1v) is 5.47. The number of aliphatic carboxylic acids is 1. The van der Waals surface area contributed by atoms with Crippen LogP contribution in [0.25, 0.3) is 11.0 Å². The Morgan fingerprint density at radius 2 is 2.18 bits per heavy atom. The number of carboxylic acids is 1. The number of fused-ring (bicyclic) bond motifs is 1. The molecule has 1 atom stereocenters. The summed E-state index contributed by atoms with van der Waals surface area (Å²) in [7, 11) is 0. The Morgan fingerprint density at radius 1 is 1.47 bits per heavy atom. The molecule has 17 heavy (non-hydrogen) atoms. The zero-order valence-electron chi connectivity index (χ0n) is 9.86. The van der Waals surface area contributed by atoms with E-state index in [1.807, 2.05) is 19.9 Å². The van der Waals surface area contributed by atoms with Crippen molar-refractivity contribution in [3.8, 4) is 0 Å². The maximum Gasteiger partial charge on any atom is 0.312 e. The van der Waals surface area contributed by atoms with Gasteiger partial charge in [-0.05, 0) is 31.0 Å². The van der Waals surface area contributed by atoms with Gasteiger partial charge in [0, 0.05) is 11.9 Å². The molecule has 4 heteroatoms. The van der Waals surface area contributed by atoms with Crippen LogP contribution in [0.15, 0.2) is 22.6 Å². The maximum atomic E-state index is 11.2. The number of carboxylic acid groups (broad SMARTS) is 1. The molecule has 0 spiro atoms. The minimum Gasteiger partial charge on any atom is -0.481 e. The van der Waals surface area contributed by atoms with E-state index < -0.39 is 11.9 Å². The van der Waals surface area contributed by atoms with Crippen molar-refractivity contribution in [3.63, 3.8) is 0 Å². The average Bonchev–Trinajstić information content (AvgIpc) is 2.56. The van der Waals surface area contributed by atoms with E-state index in [-0.39, 0.29) is 6.54 Å². The Morgan fingerprint density at radius 3 is 2.76 bits per heavy atom. The van der Waals surface area contributed by atoms with Crippen molar-refractivity contribution in [1.29, 1.82) is 0 Å². The highest BCUT2D eigenvalue weighted by Gasteiger charge is 2.22. The lowest BCUT2D eigenvalue weighted by molar-refractivity contribution is -0.138. The number of hydrogen-bond donors (Lipinski definition) is 2. The molecular formula is C13H15NO3. The van der Waals surface area contributed by atoms with Crippen molar-refractivity contribution in [2.75, 3.05) is 6.54 Å². The van der Waals surface area contributed by atoms with Crippen molar-refractivity contribution in [1.82, 2.24) is 0 Å². The first-order chi connectivity index (χ1) is 8.06. The van der Waals surface area contributed by atoms with Gasteiger partial charge < -0.3 is 15.3 Å². The highest BCUT2D eigenvalue weighted by molar-refractivity contribution is 5.91. The van der Waals surface area contributed by atoms with Crippen LogP contribution in [0.5, 0.6) is 0 Å². The molecule has 0 saturated heterocycles.